The SMILES string of the molecule is CCCC(N)C(=O)NCC(CC)CC. The fourth-order valence-electron chi connectivity index (χ4n) is 1.40. The quantitative estimate of drug-likeness (QED) is 0.657. The van der Waals surface area contributed by atoms with Crippen molar-refractivity contribution in [3.8, 4) is 0 Å². The first-order valence-corrected chi connectivity index (χ1v) is 5.68. The fourth-order valence-corrected chi connectivity index (χ4v) is 1.40. The van der Waals surface area contributed by atoms with E-state index in [1.807, 2.05) is 6.92 Å². The van der Waals surface area contributed by atoms with Crippen molar-refractivity contribution in [1.82, 2.24) is 5.32 Å². The predicted molar refractivity (Wildman–Crippen MR) is 60.0 cm³/mol. The third-order valence-electron chi connectivity index (χ3n) is 2.66. The largest absolute Gasteiger partial charge is 0.354 e. The molecule has 0 radical (unpaired) electrons. The summed E-state index contributed by atoms with van der Waals surface area (Å²) in [6.45, 7) is 7.09. The van der Waals surface area contributed by atoms with Crippen LogP contribution in [0.2, 0.25) is 0 Å². The number of carbonyl (C=O) groups is 1. The maximum absolute atomic E-state index is 11.4. The summed E-state index contributed by atoms with van der Waals surface area (Å²) in [5, 5.41) is 2.91. The van der Waals surface area contributed by atoms with Crippen LogP contribution < -0.4 is 11.1 Å². The normalized spacial score (nSPS) is 12.9. The summed E-state index contributed by atoms with van der Waals surface area (Å²) in [4.78, 5) is 11.4. The average molecular weight is 200 g/mol. The lowest BCUT2D eigenvalue weighted by molar-refractivity contribution is -0.122. The summed E-state index contributed by atoms with van der Waals surface area (Å²) in [5.41, 5.74) is 5.68. The molecular formula is C11H24N2O. The van der Waals surface area contributed by atoms with Gasteiger partial charge in [0.15, 0.2) is 0 Å². The highest BCUT2D eigenvalue weighted by Gasteiger charge is 2.12. The molecule has 1 unspecified atom stereocenters. The number of nitrogens with two attached hydrogens (primary N) is 1. The summed E-state index contributed by atoms with van der Waals surface area (Å²) in [7, 11) is 0. The number of hydrogen-bond donors (Lipinski definition) is 2. The van der Waals surface area contributed by atoms with E-state index in [0.29, 0.717) is 5.92 Å². The average Bonchev–Trinajstić information content (AvgIpc) is 2.19. The third kappa shape index (κ3) is 5.22. The van der Waals surface area contributed by atoms with Gasteiger partial charge in [0.25, 0.3) is 0 Å². The van der Waals surface area contributed by atoms with E-state index in [1.54, 1.807) is 0 Å². The molecule has 0 aliphatic rings. The van der Waals surface area contributed by atoms with Crippen molar-refractivity contribution in [1.29, 1.82) is 0 Å². The molecule has 0 saturated heterocycles. The Hall–Kier alpha value is -0.570. The lowest BCUT2D eigenvalue weighted by Crippen LogP contribution is -2.42. The van der Waals surface area contributed by atoms with Crippen LogP contribution in [0.1, 0.15) is 46.5 Å². The van der Waals surface area contributed by atoms with Gasteiger partial charge in [-0.3, -0.25) is 4.79 Å². The van der Waals surface area contributed by atoms with E-state index in [4.69, 9.17) is 5.73 Å². The Morgan fingerprint density at radius 1 is 1.29 bits per heavy atom. The zero-order valence-electron chi connectivity index (χ0n) is 9.68. The monoisotopic (exact) mass is 200 g/mol. The molecule has 1 atom stereocenters. The molecule has 14 heavy (non-hydrogen) atoms. The Labute approximate surface area is 87.4 Å². The van der Waals surface area contributed by atoms with Gasteiger partial charge in [0, 0.05) is 6.54 Å². The Balaban J connectivity index is 3.71. The second-order valence-electron chi connectivity index (χ2n) is 3.82. The molecule has 0 aromatic heterocycles. The predicted octanol–water partition coefficient (Wildman–Crippen LogP) is 1.67. The lowest BCUT2D eigenvalue weighted by Gasteiger charge is -2.15. The zero-order valence-corrected chi connectivity index (χ0v) is 9.68. The van der Waals surface area contributed by atoms with E-state index in [2.05, 4.69) is 19.2 Å². The molecular weight excluding hydrogens is 176 g/mol. The van der Waals surface area contributed by atoms with Gasteiger partial charge in [-0.1, -0.05) is 40.0 Å². The molecule has 3 N–H and O–H groups in total. The maximum Gasteiger partial charge on any atom is 0.236 e. The van der Waals surface area contributed by atoms with Crippen molar-refractivity contribution in [3.05, 3.63) is 0 Å². The number of carbonyl (C=O) groups excluding carboxylic acids is 1. The number of nitrogens with one attached hydrogen (secondary N) is 1. The lowest BCUT2D eigenvalue weighted by atomic mass is 10.0. The molecule has 0 bridgehead atoms. The van der Waals surface area contributed by atoms with Crippen LogP contribution in [-0.4, -0.2) is 18.5 Å². The molecule has 0 rings (SSSR count). The molecule has 0 fully saturated rings. The first-order valence-electron chi connectivity index (χ1n) is 5.68. The zero-order chi connectivity index (χ0) is 11.0. The van der Waals surface area contributed by atoms with Gasteiger partial charge in [-0.15, -0.1) is 0 Å². The van der Waals surface area contributed by atoms with E-state index in [1.165, 1.54) is 0 Å². The molecule has 1 amide bonds. The van der Waals surface area contributed by atoms with Crippen LogP contribution >= 0.6 is 0 Å². The minimum absolute atomic E-state index is 0.00116. The van der Waals surface area contributed by atoms with Crippen LogP contribution in [0.15, 0.2) is 0 Å². The van der Waals surface area contributed by atoms with Crippen molar-refractivity contribution >= 4 is 5.91 Å². The molecule has 0 aliphatic carbocycles. The summed E-state index contributed by atoms with van der Waals surface area (Å²) in [5.74, 6) is 0.589. The smallest absolute Gasteiger partial charge is 0.236 e. The molecule has 3 heteroatoms. The number of hydrogen-bond acceptors (Lipinski definition) is 2. The van der Waals surface area contributed by atoms with Crippen molar-refractivity contribution in [2.24, 2.45) is 11.7 Å². The highest BCUT2D eigenvalue weighted by atomic mass is 16.2. The minimum Gasteiger partial charge on any atom is -0.354 e. The van der Waals surface area contributed by atoms with E-state index in [0.717, 1.165) is 32.2 Å². The highest BCUT2D eigenvalue weighted by Crippen LogP contribution is 2.05. The van der Waals surface area contributed by atoms with Crippen molar-refractivity contribution in [2.45, 2.75) is 52.5 Å². The van der Waals surface area contributed by atoms with Gasteiger partial charge in [0.2, 0.25) is 5.91 Å². The van der Waals surface area contributed by atoms with Crippen molar-refractivity contribution in [2.75, 3.05) is 6.54 Å². The van der Waals surface area contributed by atoms with Crippen LogP contribution in [0.25, 0.3) is 0 Å². The van der Waals surface area contributed by atoms with E-state index < -0.39 is 0 Å². The Morgan fingerprint density at radius 2 is 1.86 bits per heavy atom. The molecule has 0 aliphatic heterocycles. The van der Waals surface area contributed by atoms with E-state index in [-0.39, 0.29) is 11.9 Å². The van der Waals surface area contributed by atoms with Crippen LogP contribution in [0.3, 0.4) is 0 Å². The fraction of sp³-hybridized carbons (Fsp3) is 0.909. The van der Waals surface area contributed by atoms with Gasteiger partial charge in [-0.05, 0) is 12.3 Å². The Kier molecular flexibility index (Phi) is 7.48. The molecule has 84 valence electrons. The van der Waals surface area contributed by atoms with Crippen molar-refractivity contribution < 1.29 is 4.79 Å². The maximum atomic E-state index is 11.4. The summed E-state index contributed by atoms with van der Waals surface area (Å²) in [6.07, 6.45) is 3.95. The molecule has 0 saturated carbocycles. The van der Waals surface area contributed by atoms with Crippen LogP contribution in [0, 0.1) is 5.92 Å². The van der Waals surface area contributed by atoms with Gasteiger partial charge in [-0.25, -0.2) is 0 Å². The molecule has 0 aromatic rings. The number of amides is 1. The van der Waals surface area contributed by atoms with Gasteiger partial charge >= 0.3 is 0 Å². The first-order chi connectivity index (χ1) is 6.65. The van der Waals surface area contributed by atoms with Crippen molar-refractivity contribution in [3.63, 3.8) is 0 Å². The van der Waals surface area contributed by atoms with Crippen LogP contribution in [0.5, 0.6) is 0 Å². The number of rotatable bonds is 7. The van der Waals surface area contributed by atoms with Gasteiger partial charge in [0.05, 0.1) is 6.04 Å². The molecule has 0 aromatic carbocycles. The summed E-state index contributed by atoms with van der Waals surface area (Å²) in [6, 6.07) is -0.325. The van der Waals surface area contributed by atoms with E-state index >= 15 is 0 Å². The first kappa shape index (κ1) is 13.4. The second kappa shape index (κ2) is 7.80. The summed E-state index contributed by atoms with van der Waals surface area (Å²) >= 11 is 0. The Bertz CT molecular complexity index is 155. The second-order valence-corrected chi connectivity index (χ2v) is 3.82. The highest BCUT2D eigenvalue weighted by molar-refractivity contribution is 5.81. The third-order valence-corrected chi connectivity index (χ3v) is 2.66. The van der Waals surface area contributed by atoms with Crippen LogP contribution in [-0.2, 0) is 4.79 Å². The standard InChI is InChI=1S/C11H24N2O/c1-4-7-10(12)11(14)13-8-9(5-2)6-3/h9-10H,4-8,12H2,1-3H3,(H,13,14). The Morgan fingerprint density at radius 3 is 2.29 bits per heavy atom. The van der Waals surface area contributed by atoms with E-state index in [9.17, 15) is 4.79 Å². The minimum atomic E-state index is -0.325. The van der Waals surface area contributed by atoms with Crippen LogP contribution in [0.4, 0.5) is 0 Å². The molecule has 0 spiro atoms. The van der Waals surface area contributed by atoms with Gasteiger partial charge < -0.3 is 11.1 Å². The molecule has 0 heterocycles. The summed E-state index contributed by atoms with van der Waals surface area (Å²) < 4.78 is 0. The topological polar surface area (TPSA) is 55.1 Å². The van der Waals surface area contributed by atoms with Gasteiger partial charge in [-0.2, -0.15) is 0 Å². The van der Waals surface area contributed by atoms with Gasteiger partial charge in [0.1, 0.15) is 0 Å². The molecule has 3 nitrogen and oxygen atoms in total.